The Morgan fingerprint density at radius 2 is 1.90 bits per heavy atom. The zero-order chi connectivity index (χ0) is 22.0. The summed E-state index contributed by atoms with van der Waals surface area (Å²) < 4.78 is 43.2. The average molecular weight is 445 g/mol. The molecule has 162 valence electrons. The highest BCUT2D eigenvalue weighted by Gasteiger charge is 2.27. The topological polar surface area (TPSA) is 129 Å². The first-order chi connectivity index (χ1) is 14.8. The molecule has 1 amide bonds. The molecule has 2 aromatic carbocycles. The number of sulfonamides is 1. The van der Waals surface area contributed by atoms with Crippen LogP contribution in [0.3, 0.4) is 0 Å². The molecule has 4 rings (SSSR count). The molecule has 1 atom stereocenters. The van der Waals surface area contributed by atoms with Gasteiger partial charge in [0.15, 0.2) is 5.69 Å². The fourth-order valence-electron chi connectivity index (χ4n) is 3.32. The van der Waals surface area contributed by atoms with Crippen molar-refractivity contribution in [2.75, 3.05) is 6.54 Å². The molecule has 9 nitrogen and oxygen atoms in total. The molecular weight excluding hydrogens is 425 g/mol. The van der Waals surface area contributed by atoms with Crippen molar-refractivity contribution in [1.29, 1.82) is 0 Å². The van der Waals surface area contributed by atoms with Gasteiger partial charge in [0.25, 0.3) is 5.91 Å². The van der Waals surface area contributed by atoms with Gasteiger partial charge in [0.1, 0.15) is 11.9 Å². The van der Waals surface area contributed by atoms with Gasteiger partial charge < -0.3 is 10.1 Å². The van der Waals surface area contributed by atoms with Gasteiger partial charge in [-0.1, -0.05) is 29.5 Å². The first-order valence-corrected chi connectivity index (χ1v) is 11.1. The minimum absolute atomic E-state index is 0.0370. The van der Waals surface area contributed by atoms with Crippen LogP contribution in [0.4, 0.5) is 4.39 Å². The highest BCUT2D eigenvalue weighted by molar-refractivity contribution is 7.89. The number of carbonyl (C=O) groups is 1. The van der Waals surface area contributed by atoms with Crippen LogP contribution in [0.1, 0.15) is 33.4 Å². The summed E-state index contributed by atoms with van der Waals surface area (Å²) in [5.41, 5.74) is 2.45. The molecule has 0 saturated heterocycles. The molecule has 3 aromatic rings. The highest BCUT2D eigenvalue weighted by atomic mass is 32.2. The van der Waals surface area contributed by atoms with E-state index in [4.69, 9.17) is 9.88 Å². The molecule has 0 saturated carbocycles. The number of primary sulfonamides is 1. The third kappa shape index (κ3) is 4.79. The summed E-state index contributed by atoms with van der Waals surface area (Å²) in [6, 6.07) is 12.2. The second-order valence-corrected chi connectivity index (χ2v) is 8.67. The predicted octanol–water partition coefficient (Wildman–Crippen LogP) is 1.31. The van der Waals surface area contributed by atoms with Gasteiger partial charge >= 0.3 is 0 Å². The highest BCUT2D eigenvalue weighted by Crippen LogP contribution is 2.27. The molecule has 1 aliphatic rings. The summed E-state index contributed by atoms with van der Waals surface area (Å²) in [5.74, 6) is -0.688. The summed E-state index contributed by atoms with van der Waals surface area (Å²) in [6.07, 6.45) is 0.203. The maximum atomic E-state index is 13.1. The van der Waals surface area contributed by atoms with Crippen LogP contribution in [0.25, 0.3) is 0 Å². The predicted molar refractivity (Wildman–Crippen MR) is 108 cm³/mol. The Kier molecular flexibility index (Phi) is 5.81. The monoisotopic (exact) mass is 445 g/mol. The van der Waals surface area contributed by atoms with Crippen LogP contribution in [0.5, 0.6) is 0 Å². The van der Waals surface area contributed by atoms with E-state index in [-0.39, 0.29) is 35.0 Å². The van der Waals surface area contributed by atoms with E-state index >= 15 is 0 Å². The maximum Gasteiger partial charge on any atom is 0.273 e. The second-order valence-electron chi connectivity index (χ2n) is 7.11. The molecule has 0 aliphatic carbocycles. The number of hydrogen-bond donors (Lipinski definition) is 2. The van der Waals surface area contributed by atoms with Gasteiger partial charge in [-0.25, -0.2) is 22.6 Å². The van der Waals surface area contributed by atoms with Crippen LogP contribution in [0, 0.1) is 5.82 Å². The zero-order valence-electron chi connectivity index (χ0n) is 16.4. The van der Waals surface area contributed by atoms with Crippen LogP contribution >= 0.6 is 0 Å². The Morgan fingerprint density at radius 1 is 1.19 bits per heavy atom. The number of aromatic nitrogens is 3. The third-order valence-electron chi connectivity index (χ3n) is 5.01. The third-order valence-corrected chi connectivity index (χ3v) is 5.93. The normalized spacial score (nSPS) is 16.0. The van der Waals surface area contributed by atoms with Crippen LogP contribution in [0.15, 0.2) is 53.4 Å². The minimum atomic E-state index is -3.73. The van der Waals surface area contributed by atoms with Crippen molar-refractivity contribution in [2.24, 2.45) is 5.14 Å². The van der Waals surface area contributed by atoms with Crippen molar-refractivity contribution >= 4 is 15.9 Å². The SMILES string of the molecule is NS(=O)(=O)c1ccc(CCNC(=O)c2nnn3c2COC(c2ccc(F)cc2)C3)cc1. The number of amides is 1. The lowest BCUT2D eigenvalue weighted by molar-refractivity contribution is -0.00180. The van der Waals surface area contributed by atoms with Crippen molar-refractivity contribution in [1.82, 2.24) is 20.3 Å². The molecule has 0 bridgehead atoms. The summed E-state index contributed by atoms with van der Waals surface area (Å²) in [4.78, 5) is 12.6. The van der Waals surface area contributed by atoms with Gasteiger partial charge in [-0.05, 0) is 41.8 Å². The largest absolute Gasteiger partial charge is 0.365 e. The van der Waals surface area contributed by atoms with Crippen LogP contribution < -0.4 is 10.5 Å². The van der Waals surface area contributed by atoms with Crippen molar-refractivity contribution in [3.8, 4) is 0 Å². The summed E-state index contributed by atoms with van der Waals surface area (Å²) in [5, 5.41) is 15.9. The number of ether oxygens (including phenoxy) is 1. The molecule has 0 fully saturated rings. The molecule has 0 spiro atoms. The first kappa shape index (κ1) is 21.1. The lowest BCUT2D eigenvalue weighted by Crippen LogP contribution is -2.29. The number of nitrogens with two attached hydrogens (primary N) is 1. The lowest BCUT2D eigenvalue weighted by Gasteiger charge is -2.24. The fraction of sp³-hybridized carbons (Fsp3) is 0.250. The van der Waals surface area contributed by atoms with E-state index in [0.717, 1.165) is 11.1 Å². The number of benzene rings is 2. The van der Waals surface area contributed by atoms with Gasteiger partial charge in [-0.3, -0.25) is 4.79 Å². The zero-order valence-corrected chi connectivity index (χ0v) is 17.2. The Hall–Kier alpha value is -3.15. The van der Waals surface area contributed by atoms with E-state index in [1.165, 1.54) is 24.3 Å². The van der Waals surface area contributed by atoms with Gasteiger partial charge in [0, 0.05) is 6.54 Å². The van der Waals surface area contributed by atoms with E-state index in [1.807, 2.05) is 0 Å². The number of halogens is 1. The first-order valence-electron chi connectivity index (χ1n) is 9.50. The summed E-state index contributed by atoms with van der Waals surface area (Å²) >= 11 is 0. The molecule has 0 radical (unpaired) electrons. The van der Waals surface area contributed by atoms with E-state index in [0.29, 0.717) is 25.2 Å². The maximum absolute atomic E-state index is 13.1. The molecule has 1 aromatic heterocycles. The second kappa shape index (κ2) is 8.53. The molecule has 2 heterocycles. The van der Waals surface area contributed by atoms with Crippen LogP contribution in [0.2, 0.25) is 0 Å². The molecule has 1 aliphatic heterocycles. The Morgan fingerprint density at radius 3 is 2.58 bits per heavy atom. The summed E-state index contributed by atoms with van der Waals surface area (Å²) in [6.45, 7) is 0.864. The van der Waals surface area contributed by atoms with E-state index in [1.54, 1.807) is 28.9 Å². The lowest BCUT2D eigenvalue weighted by atomic mass is 10.1. The fourth-order valence-corrected chi connectivity index (χ4v) is 3.83. The molecular formula is C20H20FN5O4S. The summed E-state index contributed by atoms with van der Waals surface area (Å²) in [7, 11) is -3.73. The van der Waals surface area contributed by atoms with Crippen molar-refractivity contribution < 1.29 is 22.3 Å². The number of carbonyl (C=O) groups excluding carboxylic acids is 1. The number of hydrogen-bond acceptors (Lipinski definition) is 6. The molecule has 3 N–H and O–H groups in total. The quantitative estimate of drug-likeness (QED) is 0.589. The Balaban J connectivity index is 1.35. The van der Waals surface area contributed by atoms with Gasteiger partial charge in [-0.15, -0.1) is 5.10 Å². The van der Waals surface area contributed by atoms with Gasteiger partial charge in [0.2, 0.25) is 10.0 Å². The Labute approximate surface area is 178 Å². The Bertz CT molecular complexity index is 1190. The number of fused-ring (bicyclic) bond motifs is 1. The van der Waals surface area contributed by atoms with Crippen molar-refractivity contribution in [2.45, 2.75) is 30.6 Å². The van der Waals surface area contributed by atoms with Crippen molar-refractivity contribution in [3.05, 3.63) is 76.9 Å². The smallest absolute Gasteiger partial charge is 0.273 e. The minimum Gasteiger partial charge on any atom is -0.365 e. The van der Waals surface area contributed by atoms with Gasteiger partial charge in [-0.2, -0.15) is 0 Å². The van der Waals surface area contributed by atoms with Crippen LogP contribution in [-0.4, -0.2) is 35.9 Å². The standard InChI is InChI=1S/C20H20FN5O4S/c21-15-5-3-14(4-6-15)18-11-26-17(12-30-18)19(24-25-26)20(27)23-10-9-13-1-7-16(8-2-13)31(22,28)29/h1-8,18H,9-12H2,(H,23,27)(H2,22,28,29). The van der Waals surface area contributed by atoms with E-state index in [9.17, 15) is 17.6 Å². The number of nitrogens with zero attached hydrogens (tertiary/aromatic N) is 3. The van der Waals surface area contributed by atoms with E-state index in [2.05, 4.69) is 15.6 Å². The van der Waals surface area contributed by atoms with Gasteiger partial charge in [0.05, 0.1) is 23.7 Å². The molecule has 11 heteroatoms. The number of nitrogens with one attached hydrogen (secondary N) is 1. The molecule has 31 heavy (non-hydrogen) atoms. The molecule has 1 unspecified atom stereocenters. The van der Waals surface area contributed by atoms with Crippen molar-refractivity contribution in [3.63, 3.8) is 0 Å². The number of rotatable bonds is 6. The average Bonchev–Trinajstić information content (AvgIpc) is 3.17. The van der Waals surface area contributed by atoms with E-state index < -0.39 is 10.0 Å². The van der Waals surface area contributed by atoms with Crippen LogP contribution in [-0.2, 0) is 34.3 Å².